The summed E-state index contributed by atoms with van der Waals surface area (Å²) >= 11 is 0. The fraction of sp³-hybridized carbons (Fsp3) is 0.556. The third-order valence-corrected chi connectivity index (χ3v) is 3.40. The van der Waals surface area contributed by atoms with Crippen LogP contribution in [0.15, 0.2) is 24.3 Å². The average molecular weight is 320 g/mol. The molecule has 0 aromatic heterocycles. The van der Waals surface area contributed by atoms with Gasteiger partial charge in [0.15, 0.2) is 0 Å². The summed E-state index contributed by atoms with van der Waals surface area (Å²) in [5.74, 6) is -0.440. The highest BCUT2D eigenvalue weighted by Crippen LogP contribution is 2.08. The lowest BCUT2D eigenvalue weighted by atomic mass is 10.1. The highest BCUT2D eigenvalue weighted by molar-refractivity contribution is 5.91. The predicted octanol–water partition coefficient (Wildman–Crippen LogP) is 3.04. The maximum atomic E-state index is 11.7. The van der Waals surface area contributed by atoms with Crippen molar-refractivity contribution in [2.24, 2.45) is 0 Å². The van der Waals surface area contributed by atoms with Gasteiger partial charge in [0.1, 0.15) is 13.2 Å². The van der Waals surface area contributed by atoms with Crippen LogP contribution in [0.4, 0.5) is 5.69 Å². The number of carbonyl (C=O) groups excluding carboxylic acids is 2. The van der Waals surface area contributed by atoms with Crippen molar-refractivity contribution in [1.82, 2.24) is 5.32 Å². The number of ether oxygens (including phenoxy) is 1. The SMILES string of the molecule is CCCCCCCNC(=O)COCC(=O)Nc1ccc(C)cc1. The topological polar surface area (TPSA) is 67.4 Å². The number of carbonyl (C=O) groups is 2. The largest absolute Gasteiger partial charge is 0.362 e. The Labute approximate surface area is 138 Å². The molecule has 1 aromatic rings. The van der Waals surface area contributed by atoms with Crippen LogP contribution in [-0.2, 0) is 14.3 Å². The minimum Gasteiger partial charge on any atom is -0.362 e. The molecule has 0 saturated heterocycles. The molecule has 2 N–H and O–H groups in total. The quantitative estimate of drug-likeness (QED) is 0.616. The molecule has 1 rings (SSSR count). The number of hydrogen-bond donors (Lipinski definition) is 2. The predicted molar refractivity (Wildman–Crippen MR) is 92.4 cm³/mol. The maximum Gasteiger partial charge on any atom is 0.250 e. The average Bonchev–Trinajstić information content (AvgIpc) is 2.53. The second kappa shape index (κ2) is 11.7. The highest BCUT2D eigenvalue weighted by Gasteiger charge is 2.05. The zero-order valence-corrected chi connectivity index (χ0v) is 14.2. The third-order valence-electron chi connectivity index (χ3n) is 3.40. The molecule has 1 aromatic carbocycles. The molecule has 0 aliphatic carbocycles. The Morgan fingerprint density at radius 1 is 0.957 bits per heavy atom. The molecule has 128 valence electrons. The number of anilines is 1. The van der Waals surface area contributed by atoms with Gasteiger partial charge in [-0.1, -0.05) is 50.3 Å². The van der Waals surface area contributed by atoms with E-state index in [-0.39, 0.29) is 25.0 Å². The van der Waals surface area contributed by atoms with E-state index < -0.39 is 0 Å². The molecule has 0 radical (unpaired) electrons. The summed E-state index contributed by atoms with van der Waals surface area (Å²) in [5, 5.41) is 5.51. The van der Waals surface area contributed by atoms with E-state index in [1.165, 1.54) is 19.3 Å². The normalized spacial score (nSPS) is 10.3. The van der Waals surface area contributed by atoms with Crippen LogP contribution >= 0.6 is 0 Å². The Kier molecular flexibility index (Phi) is 9.71. The molecule has 0 fully saturated rings. The molecule has 0 aliphatic heterocycles. The number of rotatable bonds is 11. The van der Waals surface area contributed by atoms with Crippen molar-refractivity contribution in [3.05, 3.63) is 29.8 Å². The van der Waals surface area contributed by atoms with Crippen molar-refractivity contribution in [2.75, 3.05) is 25.1 Å². The van der Waals surface area contributed by atoms with Crippen molar-refractivity contribution in [1.29, 1.82) is 0 Å². The Hall–Kier alpha value is -1.88. The standard InChI is InChI=1S/C18H28N2O3/c1-3-4-5-6-7-12-19-17(21)13-23-14-18(22)20-16-10-8-15(2)9-11-16/h8-11H,3-7,12-14H2,1-2H3,(H,19,21)(H,20,22). The van der Waals surface area contributed by atoms with Crippen LogP contribution in [0.1, 0.15) is 44.6 Å². The first-order chi connectivity index (χ1) is 11.1. The van der Waals surface area contributed by atoms with Gasteiger partial charge in [-0.15, -0.1) is 0 Å². The second-order valence-corrected chi connectivity index (χ2v) is 5.67. The molecule has 5 heteroatoms. The van der Waals surface area contributed by atoms with Crippen LogP contribution in [0.5, 0.6) is 0 Å². The molecule has 0 spiro atoms. The third kappa shape index (κ3) is 9.68. The monoisotopic (exact) mass is 320 g/mol. The zero-order chi connectivity index (χ0) is 16.9. The molecule has 0 aliphatic rings. The molecule has 5 nitrogen and oxygen atoms in total. The molecule has 0 unspecified atom stereocenters. The summed E-state index contributed by atoms with van der Waals surface area (Å²) < 4.78 is 5.12. The van der Waals surface area contributed by atoms with Gasteiger partial charge in [0.05, 0.1) is 0 Å². The fourth-order valence-corrected chi connectivity index (χ4v) is 2.08. The minimum atomic E-state index is -0.263. The molecule has 23 heavy (non-hydrogen) atoms. The second-order valence-electron chi connectivity index (χ2n) is 5.67. The molecule has 0 heterocycles. The van der Waals surface area contributed by atoms with Crippen molar-refractivity contribution in [2.45, 2.75) is 46.0 Å². The molecule has 2 amide bonds. The number of unbranched alkanes of at least 4 members (excludes halogenated alkanes) is 4. The Morgan fingerprint density at radius 2 is 1.61 bits per heavy atom. The van der Waals surface area contributed by atoms with Crippen LogP contribution < -0.4 is 10.6 Å². The van der Waals surface area contributed by atoms with Crippen molar-refractivity contribution >= 4 is 17.5 Å². The van der Waals surface area contributed by atoms with Gasteiger partial charge in [0.25, 0.3) is 0 Å². The number of benzene rings is 1. The van der Waals surface area contributed by atoms with E-state index in [0.29, 0.717) is 6.54 Å². The number of aryl methyl sites for hydroxylation is 1. The van der Waals surface area contributed by atoms with Gasteiger partial charge in [-0.2, -0.15) is 0 Å². The Morgan fingerprint density at radius 3 is 2.30 bits per heavy atom. The van der Waals surface area contributed by atoms with Crippen LogP contribution in [0, 0.1) is 6.92 Å². The summed E-state index contributed by atoms with van der Waals surface area (Å²) in [5.41, 5.74) is 1.85. The lowest BCUT2D eigenvalue weighted by Gasteiger charge is -2.07. The first-order valence-corrected chi connectivity index (χ1v) is 8.32. The lowest BCUT2D eigenvalue weighted by molar-refractivity contribution is -0.128. The first kappa shape index (κ1) is 19.2. The van der Waals surface area contributed by atoms with E-state index in [4.69, 9.17) is 4.74 Å². The molecular formula is C18H28N2O3. The Balaban J connectivity index is 2.05. The van der Waals surface area contributed by atoms with Crippen molar-refractivity contribution < 1.29 is 14.3 Å². The van der Waals surface area contributed by atoms with Gasteiger partial charge in [0, 0.05) is 12.2 Å². The minimum absolute atomic E-state index is 0.0870. The summed E-state index contributed by atoms with van der Waals surface area (Å²) in [6.07, 6.45) is 5.79. The van der Waals surface area contributed by atoms with Crippen LogP contribution in [-0.4, -0.2) is 31.6 Å². The molecular weight excluding hydrogens is 292 g/mol. The van der Waals surface area contributed by atoms with E-state index in [0.717, 1.165) is 24.1 Å². The zero-order valence-electron chi connectivity index (χ0n) is 14.2. The molecule has 0 atom stereocenters. The first-order valence-electron chi connectivity index (χ1n) is 8.32. The van der Waals surface area contributed by atoms with Crippen LogP contribution in [0.2, 0.25) is 0 Å². The summed E-state index contributed by atoms with van der Waals surface area (Å²) in [6, 6.07) is 7.51. The van der Waals surface area contributed by atoms with Gasteiger partial charge in [-0.3, -0.25) is 9.59 Å². The van der Waals surface area contributed by atoms with Gasteiger partial charge in [0.2, 0.25) is 11.8 Å². The number of hydrogen-bond acceptors (Lipinski definition) is 3. The van der Waals surface area contributed by atoms with E-state index >= 15 is 0 Å². The Bertz CT molecular complexity index is 472. The fourth-order valence-electron chi connectivity index (χ4n) is 2.08. The van der Waals surface area contributed by atoms with E-state index in [9.17, 15) is 9.59 Å². The lowest BCUT2D eigenvalue weighted by Crippen LogP contribution is -2.30. The highest BCUT2D eigenvalue weighted by atomic mass is 16.5. The smallest absolute Gasteiger partial charge is 0.250 e. The van der Waals surface area contributed by atoms with Gasteiger partial charge in [-0.25, -0.2) is 0 Å². The summed E-state index contributed by atoms with van der Waals surface area (Å²) in [7, 11) is 0. The van der Waals surface area contributed by atoms with Gasteiger partial charge < -0.3 is 15.4 Å². The number of nitrogens with one attached hydrogen (secondary N) is 2. The van der Waals surface area contributed by atoms with Crippen molar-refractivity contribution in [3.63, 3.8) is 0 Å². The van der Waals surface area contributed by atoms with E-state index in [1.54, 1.807) is 0 Å². The maximum absolute atomic E-state index is 11.7. The van der Waals surface area contributed by atoms with Crippen LogP contribution in [0.25, 0.3) is 0 Å². The van der Waals surface area contributed by atoms with Gasteiger partial charge >= 0.3 is 0 Å². The number of amides is 2. The van der Waals surface area contributed by atoms with Gasteiger partial charge in [-0.05, 0) is 25.5 Å². The molecule has 0 bridgehead atoms. The molecule has 0 saturated carbocycles. The summed E-state index contributed by atoms with van der Waals surface area (Å²) in [6.45, 7) is 4.61. The summed E-state index contributed by atoms with van der Waals surface area (Å²) in [4.78, 5) is 23.2. The van der Waals surface area contributed by atoms with E-state index in [1.807, 2.05) is 31.2 Å². The van der Waals surface area contributed by atoms with Crippen LogP contribution in [0.3, 0.4) is 0 Å². The van der Waals surface area contributed by atoms with Crippen molar-refractivity contribution in [3.8, 4) is 0 Å². The van der Waals surface area contributed by atoms with E-state index in [2.05, 4.69) is 17.6 Å².